The lowest BCUT2D eigenvalue weighted by molar-refractivity contribution is 0.588. The summed E-state index contributed by atoms with van der Waals surface area (Å²) in [5.41, 5.74) is 0.822. The molecule has 1 heterocycles. The molecule has 0 unspecified atom stereocenters. The Bertz CT molecular complexity index is 689. The van der Waals surface area contributed by atoms with Gasteiger partial charge in [-0.15, -0.1) is 0 Å². The molecule has 0 aliphatic rings. The summed E-state index contributed by atoms with van der Waals surface area (Å²) in [4.78, 5) is 3.02. The average molecular weight is 254 g/mol. The zero-order valence-corrected chi connectivity index (χ0v) is 10.2. The van der Waals surface area contributed by atoms with Gasteiger partial charge < -0.3 is 4.98 Å². The normalized spacial score (nSPS) is 11.8. The van der Waals surface area contributed by atoms with E-state index in [0.717, 1.165) is 10.9 Å². The van der Waals surface area contributed by atoms with Crippen LogP contribution in [0.2, 0.25) is 0 Å². The molecule has 6 heteroatoms. The fourth-order valence-electron chi connectivity index (χ4n) is 1.46. The van der Waals surface area contributed by atoms with E-state index in [4.69, 9.17) is 12.2 Å². The highest BCUT2D eigenvalue weighted by molar-refractivity contribution is 7.89. The number of rotatable bonds is 2. The zero-order chi connectivity index (χ0) is 11.8. The summed E-state index contributed by atoms with van der Waals surface area (Å²) < 4.78 is 25.9. The van der Waals surface area contributed by atoms with Crippen LogP contribution in [-0.4, -0.2) is 20.4 Å². The minimum atomic E-state index is -3.51. The average Bonchev–Trinajstić information content (AvgIpc) is 2.29. The van der Waals surface area contributed by atoms with Crippen LogP contribution < -0.4 is 4.72 Å². The molecule has 0 atom stereocenters. The summed E-state index contributed by atoms with van der Waals surface area (Å²) in [5.74, 6) is 0. The van der Waals surface area contributed by atoms with Gasteiger partial charge in [-0.25, -0.2) is 13.1 Å². The Morgan fingerprint density at radius 2 is 2.00 bits per heavy atom. The van der Waals surface area contributed by atoms with E-state index in [1.165, 1.54) is 13.2 Å². The van der Waals surface area contributed by atoms with Gasteiger partial charge in [0, 0.05) is 17.1 Å². The van der Waals surface area contributed by atoms with E-state index in [1.54, 1.807) is 6.07 Å². The van der Waals surface area contributed by atoms with Crippen LogP contribution in [0.25, 0.3) is 10.9 Å². The van der Waals surface area contributed by atoms with Crippen molar-refractivity contribution in [2.75, 3.05) is 7.05 Å². The molecule has 0 saturated carbocycles. The third kappa shape index (κ3) is 1.75. The van der Waals surface area contributed by atoms with Gasteiger partial charge in [-0.1, -0.05) is 30.4 Å². The molecular weight excluding hydrogens is 244 g/mol. The number of sulfonamides is 1. The van der Waals surface area contributed by atoms with Crippen molar-refractivity contribution in [3.63, 3.8) is 0 Å². The summed E-state index contributed by atoms with van der Waals surface area (Å²) in [6, 6.07) is 7.32. The number of hydrogen-bond donors (Lipinski definition) is 2. The van der Waals surface area contributed by atoms with Gasteiger partial charge in [-0.05, 0) is 13.1 Å². The van der Waals surface area contributed by atoms with Gasteiger partial charge in [-0.3, -0.25) is 0 Å². The molecule has 0 amide bonds. The third-order valence-electron chi connectivity index (χ3n) is 2.31. The van der Waals surface area contributed by atoms with Gasteiger partial charge in [0.1, 0.15) is 4.90 Å². The van der Waals surface area contributed by atoms with Crippen LogP contribution in [0.3, 0.4) is 0 Å². The van der Waals surface area contributed by atoms with Gasteiger partial charge in [-0.2, -0.15) is 0 Å². The standard InChI is InChI=1S/C10H10N2O2S2/c1-11-16(13,14)9-6-12-8-5-3-2-4-7(8)10(9)15/h2-6,11H,1H3,(H,12,15). The lowest BCUT2D eigenvalue weighted by Crippen LogP contribution is -2.19. The maximum atomic E-state index is 11.7. The second kappa shape index (κ2) is 3.97. The maximum Gasteiger partial charge on any atom is 0.243 e. The molecule has 4 nitrogen and oxygen atoms in total. The van der Waals surface area contributed by atoms with E-state index in [2.05, 4.69) is 9.71 Å². The fraction of sp³-hybridized carbons (Fsp3) is 0.100. The number of benzene rings is 1. The highest BCUT2D eigenvalue weighted by Gasteiger charge is 2.14. The van der Waals surface area contributed by atoms with E-state index < -0.39 is 10.0 Å². The molecule has 0 spiro atoms. The number of H-pyrrole nitrogens is 1. The molecule has 0 aliphatic carbocycles. The number of fused-ring (bicyclic) bond motifs is 1. The van der Waals surface area contributed by atoms with Crippen LogP contribution >= 0.6 is 12.2 Å². The monoisotopic (exact) mass is 254 g/mol. The maximum absolute atomic E-state index is 11.7. The quantitative estimate of drug-likeness (QED) is 0.803. The first kappa shape index (κ1) is 11.3. The largest absolute Gasteiger partial charge is 0.360 e. The van der Waals surface area contributed by atoms with E-state index in [9.17, 15) is 8.42 Å². The number of aromatic nitrogens is 1. The predicted octanol–water partition coefficient (Wildman–Crippen LogP) is 1.81. The SMILES string of the molecule is CNS(=O)(=O)c1c[nH]c2ccccc2c1=S. The third-order valence-corrected chi connectivity index (χ3v) is 4.32. The van der Waals surface area contributed by atoms with Crippen LogP contribution in [0.15, 0.2) is 35.4 Å². The fourth-order valence-corrected chi connectivity index (χ4v) is 2.81. The minimum absolute atomic E-state index is 0.101. The molecule has 0 saturated heterocycles. The van der Waals surface area contributed by atoms with Gasteiger partial charge >= 0.3 is 0 Å². The van der Waals surface area contributed by atoms with Crippen molar-refractivity contribution in [3.05, 3.63) is 35.0 Å². The molecule has 0 bridgehead atoms. The van der Waals surface area contributed by atoms with Crippen LogP contribution in [0.4, 0.5) is 0 Å². The van der Waals surface area contributed by atoms with Crippen molar-refractivity contribution < 1.29 is 8.42 Å². The van der Waals surface area contributed by atoms with Crippen molar-refractivity contribution in [1.29, 1.82) is 0 Å². The molecule has 16 heavy (non-hydrogen) atoms. The molecule has 1 aromatic heterocycles. The van der Waals surface area contributed by atoms with Crippen LogP contribution in [-0.2, 0) is 10.0 Å². The molecule has 0 aliphatic heterocycles. The van der Waals surface area contributed by atoms with E-state index in [-0.39, 0.29) is 4.90 Å². The Kier molecular flexibility index (Phi) is 2.79. The van der Waals surface area contributed by atoms with Gasteiger partial charge in [0.05, 0.1) is 4.51 Å². The molecule has 0 fully saturated rings. The molecular formula is C10H10N2O2S2. The van der Waals surface area contributed by atoms with Crippen molar-refractivity contribution in [2.24, 2.45) is 0 Å². The summed E-state index contributed by atoms with van der Waals surface area (Å²) in [6.07, 6.45) is 1.41. The van der Waals surface area contributed by atoms with Crippen molar-refractivity contribution in [2.45, 2.75) is 4.90 Å². The molecule has 2 aromatic rings. The van der Waals surface area contributed by atoms with E-state index >= 15 is 0 Å². The van der Waals surface area contributed by atoms with Gasteiger partial charge in [0.25, 0.3) is 0 Å². The predicted molar refractivity (Wildman–Crippen MR) is 65.4 cm³/mol. The molecule has 2 rings (SSSR count). The number of hydrogen-bond acceptors (Lipinski definition) is 3. The van der Waals surface area contributed by atoms with Crippen molar-refractivity contribution in [3.8, 4) is 0 Å². The summed E-state index contributed by atoms with van der Waals surface area (Å²) >= 11 is 5.17. The van der Waals surface area contributed by atoms with Crippen LogP contribution in [0.1, 0.15) is 0 Å². The first-order valence-corrected chi connectivity index (χ1v) is 6.49. The Morgan fingerprint density at radius 3 is 2.69 bits per heavy atom. The Hall–Kier alpha value is -1.24. The zero-order valence-electron chi connectivity index (χ0n) is 8.52. The molecule has 2 N–H and O–H groups in total. The lowest BCUT2D eigenvalue weighted by Gasteiger charge is -2.05. The number of nitrogens with one attached hydrogen (secondary N) is 2. The van der Waals surface area contributed by atoms with Crippen LogP contribution in [0, 0.1) is 4.51 Å². The summed E-state index contributed by atoms with van der Waals surface area (Å²) in [5, 5.41) is 0.730. The van der Waals surface area contributed by atoms with E-state index in [0.29, 0.717) is 4.51 Å². The first-order valence-electron chi connectivity index (χ1n) is 4.60. The lowest BCUT2D eigenvalue weighted by atomic mass is 10.2. The smallest absolute Gasteiger partial charge is 0.243 e. The molecule has 0 radical (unpaired) electrons. The van der Waals surface area contributed by atoms with Crippen molar-refractivity contribution in [1.82, 2.24) is 9.71 Å². The first-order chi connectivity index (χ1) is 7.56. The minimum Gasteiger partial charge on any atom is -0.360 e. The number of para-hydroxylation sites is 1. The van der Waals surface area contributed by atoms with Crippen LogP contribution in [0.5, 0.6) is 0 Å². The highest BCUT2D eigenvalue weighted by Crippen LogP contribution is 2.18. The highest BCUT2D eigenvalue weighted by atomic mass is 32.2. The molecule has 84 valence electrons. The van der Waals surface area contributed by atoms with Gasteiger partial charge in [0.2, 0.25) is 10.0 Å². The number of aromatic amines is 1. The Labute approximate surface area is 98.4 Å². The second-order valence-corrected chi connectivity index (χ2v) is 5.50. The van der Waals surface area contributed by atoms with Gasteiger partial charge in [0.15, 0.2) is 0 Å². The Morgan fingerprint density at radius 1 is 1.31 bits per heavy atom. The van der Waals surface area contributed by atoms with Crippen molar-refractivity contribution >= 4 is 33.1 Å². The number of pyridine rings is 1. The van der Waals surface area contributed by atoms with E-state index in [1.807, 2.05) is 18.2 Å². The second-order valence-electron chi connectivity index (χ2n) is 3.24. The molecule has 1 aromatic carbocycles. The topological polar surface area (TPSA) is 62.0 Å². The summed E-state index contributed by atoms with van der Waals surface area (Å²) in [7, 11) is -2.15. The summed E-state index contributed by atoms with van der Waals surface area (Å²) in [6.45, 7) is 0. The Balaban J connectivity index is 2.86.